The number of carbonyl (C=O) groups is 1. The summed E-state index contributed by atoms with van der Waals surface area (Å²) >= 11 is 1.80. The van der Waals surface area contributed by atoms with Crippen molar-refractivity contribution in [1.82, 2.24) is 15.1 Å². The van der Waals surface area contributed by atoms with E-state index in [9.17, 15) is 4.79 Å². The van der Waals surface area contributed by atoms with Gasteiger partial charge < -0.3 is 10.2 Å². The van der Waals surface area contributed by atoms with E-state index >= 15 is 0 Å². The summed E-state index contributed by atoms with van der Waals surface area (Å²) in [7, 11) is 1.69. The van der Waals surface area contributed by atoms with E-state index in [-0.39, 0.29) is 6.03 Å². The number of hydrogen-bond donors (Lipinski definition) is 1. The van der Waals surface area contributed by atoms with Crippen LogP contribution < -0.4 is 5.32 Å². The van der Waals surface area contributed by atoms with E-state index in [4.69, 9.17) is 0 Å². The molecule has 1 aliphatic heterocycles. The fourth-order valence-electron chi connectivity index (χ4n) is 2.11. The zero-order chi connectivity index (χ0) is 12.1. The summed E-state index contributed by atoms with van der Waals surface area (Å²) in [5, 5.41) is 4.81. The molecule has 5 heteroatoms. The van der Waals surface area contributed by atoms with Gasteiger partial charge in [-0.05, 0) is 17.9 Å². The minimum atomic E-state index is 0.0444. The topological polar surface area (TPSA) is 35.6 Å². The average Bonchev–Trinajstić information content (AvgIpc) is 2.73. The molecule has 94 valence electrons. The number of thiophene rings is 1. The fourth-order valence-corrected chi connectivity index (χ4v) is 2.86. The Hall–Kier alpha value is -1.07. The normalized spacial score (nSPS) is 17.8. The van der Waals surface area contributed by atoms with Crippen LogP contribution in [0.15, 0.2) is 17.5 Å². The second-order valence-electron chi connectivity index (χ2n) is 4.25. The lowest BCUT2D eigenvalue weighted by Gasteiger charge is -2.21. The standard InChI is InChI=1S/C12H19N3OS/c1-13-12(16)15-6-3-5-14(7-8-15)10-11-4-2-9-17-11/h2,4,9H,3,5-8,10H2,1H3,(H,13,16). The number of rotatable bonds is 2. The molecule has 0 spiro atoms. The van der Waals surface area contributed by atoms with Crippen LogP contribution in [0.25, 0.3) is 0 Å². The number of urea groups is 1. The molecule has 2 heterocycles. The molecule has 1 fully saturated rings. The van der Waals surface area contributed by atoms with Gasteiger partial charge in [-0.25, -0.2) is 4.79 Å². The number of nitrogens with zero attached hydrogens (tertiary/aromatic N) is 2. The highest BCUT2D eigenvalue weighted by Crippen LogP contribution is 2.13. The van der Waals surface area contributed by atoms with E-state index in [1.165, 1.54) is 4.88 Å². The van der Waals surface area contributed by atoms with Gasteiger partial charge in [-0.3, -0.25) is 4.90 Å². The maximum atomic E-state index is 11.5. The summed E-state index contributed by atoms with van der Waals surface area (Å²) in [4.78, 5) is 17.3. The molecule has 0 unspecified atom stereocenters. The highest BCUT2D eigenvalue weighted by molar-refractivity contribution is 7.09. The molecular weight excluding hydrogens is 234 g/mol. The van der Waals surface area contributed by atoms with E-state index in [1.807, 2.05) is 4.90 Å². The van der Waals surface area contributed by atoms with Gasteiger partial charge in [0, 0.05) is 44.6 Å². The molecule has 1 aliphatic rings. The molecule has 1 aromatic rings. The SMILES string of the molecule is CNC(=O)N1CCCN(Cc2cccs2)CC1. The lowest BCUT2D eigenvalue weighted by molar-refractivity contribution is 0.200. The molecule has 0 aliphatic carbocycles. The highest BCUT2D eigenvalue weighted by Gasteiger charge is 2.18. The van der Waals surface area contributed by atoms with Gasteiger partial charge >= 0.3 is 6.03 Å². The third-order valence-electron chi connectivity index (χ3n) is 3.05. The number of nitrogens with one attached hydrogen (secondary N) is 1. The van der Waals surface area contributed by atoms with E-state index in [2.05, 4.69) is 27.7 Å². The summed E-state index contributed by atoms with van der Waals surface area (Å²) in [6, 6.07) is 4.31. The maximum absolute atomic E-state index is 11.5. The Bertz CT molecular complexity index is 353. The Morgan fingerprint density at radius 2 is 2.29 bits per heavy atom. The predicted molar refractivity (Wildman–Crippen MR) is 70.2 cm³/mol. The van der Waals surface area contributed by atoms with Crippen molar-refractivity contribution in [3.63, 3.8) is 0 Å². The van der Waals surface area contributed by atoms with Crippen LogP contribution >= 0.6 is 11.3 Å². The lowest BCUT2D eigenvalue weighted by Crippen LogP contribution is -2.40. The van der Waals surface area contributed by atoms with Crippen molar-refractivity contribution < 1.29 is 4.79 Å². The molecule has 0 aromatic carbocycles. The molecule has 17 heavy (non-hydrogen) atoms. The van der Waals surface area contributed by atoms with Gasteiger partial charge in [0.2, 0.25) is 0 Å². The van der Waals surface area contributed by atoms with Crippen molar-refractivity contribution in [2.24, 2.45) is 0 Å². The number of amides is 2. The van der Waals surface area contributed by atoms with Crippen molar-refractivity contribution >= 4 is 17.4 Å². The van der Waals surface area contributed by atoms with Gasteiger partial charge in [0.25, 0.3) is 0 Å². The largest absolute Gasteiger partial charge is 0.341 e. The second-order valence-corrected chi connectivity index (χ2v) is 5.28. The number of hydrogen-bond acceptors (Lipinski definition) is 3. The molecule has 4 nitrogen and oxygen atoms in total. The van der Waals surface area contributed by atoms with Crippen LogP contribution in [0.1, 0.15) is 11.3 Å². The van der Waals surface area contributed by atoms with Gasteiger partial charge in [-0.15, -0.1) is 11.3 Å². The fraction of sp³-hybridized carbons (Fsp3) is 0.583. The van der Waals surface area contributed by atoms with Crippen molar-refractivity contribution in [3.05, 3.63) is 22.4 Å². The van der Waals surface area contributed by atoms with Gasteiger partial charge in [0.15, 0.2) is 0 Å². The third-order valence-corrected chi connectivity index (χ3v) is 3.91. The first-order chi connectivity index (χ1) is 8.29. The second kappa shape index (κ2) is 6.02. The van der Waals surface area contributed by atoms with Gasteiger partial charge in [0.05, 0.1) is 0 Å². The quantitative estimate of drug-likeness (QED) is 0.869. The molecule has 2 rings (SSSR count). The Labute approximate surface area is 106 Å². The van der Waals surface area contributed by atoms with Crippen molar-refractivity contribution in [3.8, 4) is 0 Å². The minimum absolute atomic E-state index is 0.0444. The molecule has 0 radical (unpaired) electrons. The first-order valence-corrected chi connectivity index (χ1v) is 6.89. The molecular formula is C12H19N3OS. The summed E-state index contributed by atoms with van der Waals surface area (Å²) in [6.07, 6.45) is 1.05. The average molecular weight is 253 g/mol. The molecule has 0 bridgehead atoms. The molecule has 1 N–H and O–H groups in total. The van der Waals surface area contributed by atoms with Gasteiger partial charge in [-0.2, -0.15) is 0 Å². The zero-order valence-electron chi connectivity index (χ0n) is 10.2. The smallest absolute Gasteiger partial charge is 0.317 e. The first-order valence-electron chi connectivity index (χ1n) is 6.01. The molecule has 1 saturated heterocycles. The van der Waals surface area contributed by atoms with Gasteiger partial charge in [0.1, 0.15) is 0 Å². The Balaban J connectivity index is 1.85. The van der Waals surface area contributed by atoms with Crippen LogP contribution in [0.3, 0.4) is 0 Å². The molecule has 2 amide bonds. The van der Waals surface area contributed by atoms with E-state index < -0.39 is 0 Å². The summed E-state index contributed by atoms with van der Waals surface area (Å²) < 4.78 is 0. The van der Waals surface area contributed by atoms with Crippen LogP contribution in [0.2, 0.25) is 0 Å². The first kappa shape index (κ1) is 12.4. The van der Waals surface area contributed by atoms with E-state index in [0.717, 1.165) is 39.1 Å². The Morgan fingerprint density at radius 1 is 1.41 bits per heavy atom. The maximum Gasteiger partial charge on any atom is 0.317 e. The highest BCUT2D eigenvalue weighted by atomic mass is 32.1. The zero-order valence-corrected chi connectivity index (χ0v) is 11.0. The van der Waals surface area contributed by atoms with Crippen LogP contribution in [0.4, 0.5) is 4.79 Å². The third kappa shape index (κ3) is 3.44. The van der Waals surface area contributed by atoms with Crippen molar-refractivity contribution in [2.75, 3.05) is 33.2 Å². The van der Waals surface area contributed by atoms with E-state index in [0.29, 0.717) is 0 Å². The van der Waals surface area contributed by atoms with E-state index in [1.54, 1.807) is 18.4 Å². The summed E-state index contributed by atoms with van der Waals surface area (Å²) in [6.45, 7) is 4.74. The summed E-state index contributed by atoms with van der Waals surface area (Å²) in [5.74, 6) is 0. The van der Waals surface area contributed by atoms with Crippen LogP contribution in [-0.4, -0.2) is 49.1 Å². The molecule has 0 saturated carbocycles. The van der Waals surface area contributed by atoms with Crippen LogP contribution in [0, 0.1) is 0 Å². The molecule has 0 atom stereocenters. The molecule has 1 aromatic heterocycles. The number of carbonyl (C=O) groups excluding carboxylic acids is 1. The van der Waals surface area contributed by atoms with Crippen LogP contribution in [-0.2, 0) is 6.54 Å². The van der Waals surface area contributed by atoms with Crippen LogP contribution in [0.5, 0.6) is 0 Å². The predicted octanol–water partition coefficient (Wildman–Crippen LogP) is 1.60. The van der Waals surface area contributed by atoms with Gasteiger partial charge in [-0.1, -0.05) is 6.07 Å². The Morgan fingerprint density at radius 3 is 3.00 bits per heavy atom. The lowest BCUT2D eigenvalue weighted by atomic mass is 10.3. The van der Waals surface area contributed by atoms with Crippen molar-refractivity contribution in [2.45, 2.75) is 13.0 Å². The summed E-state index contributed by atoms with van der Waals surface area (Å²) in [5.41, 5.74) is 0. The minimum Gasteiger partial charge on any atom is -0.341 e. The van der Waals surface area contributed by atoms with Crippen molar-refractivity contribution in [1.29, 1.82) is 0 Å². The Kier molecular flexibility index (Phi) is 4.39. The monoisotopic (exact) mass is 253 g/mol.